The second-order valence-electron chi connectivity index (χ2n) is 5.24. The summed E-state index contributed by atoms with van der Waals surface area (Å²) in [7, 11) is 0. The standard InChI is InChI=1S/C17H13N5O2/c1-12-19-20-17(14-7-4-5-13(9-14)10-18)21(12)11-15-6-2-3-8-16(15)22(23)24/h2-9H,11H2,1H3. The Labute approximate surface area is 138 Å². The molecule has 0 atom stereocenters. The first-order valence-electron chi connectivity index (χ1n) is 7.23. The van der Waals surface area contributed by atoms with Gasteiger partial charge in [0.1, 0.15) is 5.82 Å². The molecule has 0 saturated carbocycles. The van der Waals surface area contributed by atoms with Crippen molar-refractivity contribution in [3.63, 3.8) is 0 Å². The molecular weight excluding hydrogens is 306 g/mol. The molecule has 3 rings (SSSR count). The third kappa shape index (κ3) is 2.85. The molecule has 0 spiro atoms. The molecule has 0 aliphatic carbocycles. The molecule has 0 saturated heterocycles. The molecular formula is C17H13N5O2. The van der Waals surface area contributed by atoms with E-state index in [0.29, 0.717) is 22.8 Å². The quantitative estimate of drug-likeness (QED) is 0.543. The normalized spacial score (nSPS) is 10.3. The molecule has 7 nitrogen and oxygen atoms in total. The fourth-order valence-electron chi connectivity index (χ4n) is 2.50. The Morgan fingerprint density at radius 1 is 1.21 bits per heavy atom. The maximum absolute atomic E-state index is 11.2. The van der Waals surface area contributed by atoms with Gasteiger partial charge in [-0.2, -0.15) is 5.26 Å². The van der Waals surface area contributed by atoms with Crippen molar-refractivity contribution in [2.24, 2.45) is 0 Å². The second-order valence-corrected chi connectivity index (χ2v) is 5.24. The van der Waals surface area contributed by atoms with E-state index in [1.54, 1.807) is 47.9 Å². The number of para-hydroxylation sites is 1. The summed E-state index contributed by atoms with van der Waals surface area (Å²) in [5.74, 6) is 1.22. The first kappa shape index (κ1) is 15.4. The van der Waals surface area contributed by atoms with Crippen LogP contribution in [0.4, 0.5) is 5.69 Å². The van der Waals surface area contributed by atoms with Crippen LogP contribution in [-0.4, -0.2) is 19.7 Å². The van der Waals surface area contributed by atoms with Crippen LogP contribution in [0.1, 0.15) is 17.0 Å². The van der Waals surface area contributed by atoms with Crippen LogP contribution in [0.5, 0.6) is 0 Å². The van der Waals surface area contributed by atoms with E-state index >= 15 is 0 Å². The molecule has 118 valence electrons. The molecule has 24 heavy (non-hydrogen) atoms. The zero-order chi connectivity index (χ0) is 17.1. The minimum atomic E-state index is -0.398. The van der Waals surface area contributed by atoms with Gasteiger partial charge in [-0.25, -0.2) is 0 Å². The van der Waals surface area contributed by atoms with Crippen molar-refractivity contribution in [2.45, 2.75) is 13.5 Å². The van der Waals surface area contributed by atoms with Crippen molar-refractivity contribution in [2.75, 3.05) is 0 Å². The fraction of sp³-hybridized carbons (Fsp3) is 0.118. The zero-order valence-electron chi connectivity index (χ0n) is 12.9. The third-order valence-corrected chi connectivity index (χ3v) is 3.70. The summed E-state index contributed by atoms with van der Waals surface area (Å²) in [6.07, 6.45) is 0. The predicted octanol–water partition coefficient (Wildman–Crippen LogP) is 3.08. The summed E-state index contributed by atoms with van der Waals surface area (Å²) in [6.45, 7) is 2.07. The predicted molar refractivity (Wildman–Crippen MR) is 87.1 cm³/mol. The van der Waals surface area contributed by atoms with E-state index in [9.17, 15) is 10.1 Å². The van der Waals surface area contributed by atoms with Crippen LogP contribution in [0.2, 0.25) is 0 Å². The molecule has 7 heteroatoms. The highest BCUT2D eigenvalue weighted by molar-refractivity contribution is 5.58. The molecule has 0 N–H and O–H groups in total. The Hall–Kier alpha value is -3.53. The number of hydrogen-bond donors (Lipinski definition) is 0. The number of nitro benzene ring substituents is 1. The average molecular weight is 319 g/mol. The van der Waals surface area contributed by atoms with Crippen molar-refractivity contribution in [1.82, 2.24) is 14.8 Å². The summed E-state index contributed by atoms with van der Waals surface area (Å²) in [4.78, 5) is 10.8. The van der Waals surface area contributed by atoms with Crippen LogP contribution in [0.15, 0.2) is 48.5 Å². The Morgan fingerprint density at radius 2 is 2.00 bits per heavy atom. The number of aryl methyl sites for hydroxylation is 1. The first-order chi connectivity index (χ1) is 11.6. The third-order valence-electron chi connectivity index (χ3n) is 3.70. The second kappa shape index (κ2) is 6.30. The van der Waals surface area contributed by atoms with Gasteiger partial charge in [0, 0.05) is 17.2 Å². The number of nitrogens with zero attached hydrogens (tertiary/aromatic N) is 5. The van der Waals surface area contributed by atoms with E-state index in [-0.39, 0.29) is 12.2 Å². The average Bonchev–Trinajstić information content (AvgIpc) is 2.96. The maximum Gasteiger partial charge on any atom is 0.274 e. The molecule has 0 amide bonds. The van der Waals surface area contributed by atoms with Gasteiger partial charge >= 0.3 is 0 Å². The van der Waals surface area contributed by atoms with E-state index in [0.717, 1.165) is 5.56 Å². The minimum absolute atomic E-state index is 0.0577. The van der Waals surface area contributed by atoms with Gasteiger partial charge in [-0.05, 0) is 19.1 Å². The van der Waals surface area contributed by atoms with Gasteiger partial charge in [-0.15, -0.1) is 10.2 Å². The van der Waals surface area contributed by atoms with Crippen molar-refractivity contribution < 1.29 is 4.92 Å². The minimum Gasteiger partial charge on any atom is -0.306 e. The highest BCUT2D eigenvalue weighted by Crippen LogP contribution is 2.24. The molecule has 0 aliphatic heterocycles. The fourth-order valence-corrected chi connectivity index (χ4v) is 2.50. The zero-order valence-corrected chi connectivity index (χ0v) is 12.9. The number of nitro groups is 1. The van der Waals surface area contributed by atoms with Gasteiger partial charge in [-0.1, -0.05) is 30.3 Å². The van der Waals surface area contributed by atoms with Crippen LogP contribution in [0.3, 0.4) is 0 Å². The number of aromatic nitrogens is 3. The topological polar surface area (TPSA) is 97.6 Å². The molecule has 0 fully saturated rings. The van der Waals surface area contributed by atoms with Gasteiger partial charge < -0.3 is 4.57 Å². The van der Waals surface area contributed by atoms with E-state index in [2.05, 4.69) is 16.3 Å². The van der Waals surface area contributed by atoms with Gasteiger partial charge in [0.2, 0.25) is 0 Å². The number of nitriles is 1. The Morgan fingerprint density at radius 3 is 2.75 bits per heavy atom. The largest absolute Gasteiger partial charge is 0.306 e. The van der Waals surface area contributed by atoms with Crippen molar-refractivity contribution in [3.05, 3.63) is 75.6 Å². The van der Waals surface area contributed by atoms with Crippen LogP contribution >= 0.6 is 0 Å². The molecule has 0 unspecified atom stereocenters. The smallest absolute Gasteiger partial charge is 0.274 e. The van der Waals surface area contributed by atoms with Crippen molar-refractivity contribution >= 4 is 5.69 Å². The summed E-state index contributed by atoms with van der Waals surface area (Å²) in [6, 6.07) is 15.7. The highest BCUT2D eigenvalue weighted by Gasteiger charge is 2.17. The number of hydrogen-bond acceptors (Lipinski definition) is 5. The Balaban J connectivity index is 2.06. The Kier molecular flexibility index (Phi) is 4.03. The molecule has 0 bridgehead atoms. The van der Waals surface area contributed by atoms with Crippen molar-refractivity contribution in [3.8, 4) is 17.5 Å². The van der Waals surface area contributed by atoms with E-state index < -0.39 is 4.92 Å². The number of rotatable bonds is 4. The molecule has 1 heterocycles. The summed E-state index contributed by atoms with van der Waals surface area (Å²) in [5.41, 5.74) is 1.89. The Bertz CT molecular complexity index is 956. The van der Waals surface area contributed by atoms with Crippen molar-refractivity contribution in [1.29, 1.82) is 5.26 Å². The van der Waals surface area contributed by atoms with Crippen LogP contribution < -0.4 is 0 Å². The molecule has 3 aromatic rings. The number of benzene rings is 2. The first-order valence-corrected chi connectivity index (χ1v) is 7.23. The van der Waals surface area contributed by atoms with Gasteiger partial charge in [0.05, 0.1) is 23.1 Å². The molecule has 1 aromatic heterocycles. The molecule has 2 aromatic carbocycles. The van der Waals surface area contributed by atoms with Gasteiger partial charge in [0.15, 0.2) is 5.82 Å². The highest BCUT2D eigenvalue weighted by atomic mass is 16.6. The molecule has 0 aliphatic rings. The molecule has 0 radical (unpaired) electrons. The van der Waals surface area contributed by atoms with Crippen LogP contribution in [0, 0.1) is 28.4 Å². The van der Waals surface area contributed by atoms with Gasteiger partial charge in [0.25, 0.3) is 5.69 Å². The lowest BCUT2D eigenvalue weighted by Crippen LogP contribution is -2.06. The lowest BCUT2D eigenvalue weighted by Gasteiger charge is -2.09. The maximum atomic E-state index is 11.2. The summed E-state index contributed by atoms with van der Waals surface area (Å²) in [5, 5.41) is 28.5. The van der Waals surface area contributed by atoms with Gasteiger partial charge in [-0.3, -0.25) is 10.1 Å². The summed E-state index contributed by atoms with van der Waals surface area (Å²) >= 11 is 0. The van der Waals surface area contributed by atoms with Crippen LogP contribution in [0.25, 0.3) is 11.4 Å². The lowest BCUT2D eigenvalue weighted by atomic mass is 10.1. The SMILES string of the molecule is Cc1nnc(-c2cccc(C#N)c2)n1Cc1ccccc1[N+](=O)[O-]. The lowest BCUT2D eigenvalue weighted by molar-refractivity contribution is -0.385. The summed E-state index contributed by atoms with van der Waals surface area (Å²) < 4.78 is 1.80. The van der Waals surface area contributed by atoms with E-state index in [1.807, 2.05) is 6.07 Å². The van der Waals surface area contributed by atoms with Crippen LogP contribution in [-0.2, 0) is 6.54 Å². The monoisotopic (exact) mass is 319 g/mol. The van der Waals surface area contributed by atoms with E-state index in [4.69, 9.17) is 5.26 Å². The van der Waals surface area contributed by atoms with E-state index in [1.165, 1.54) is 6.07 Å².